The van der Waals surface area contributed by atoms with Crippen LogP contribution in [0.5, 0.6) is 5.75 Å². The number of fused-ring (bicyclic) bond motifs is 1. The summed E-state index contributed by atoms with van der Waals surface area (Å²) in [4.78, 5) is 26.4. The minimum Gasteiger partial charge on any atom is -0.490 e. The van der Waals surface area contributed by atoms with Gasteiger partial charge in [-0.2, -0.15) is 15.4 Å². The molecule has 3 aromatic carbocycles. The Bertz CT molecular complexity index is 1220. The number of H-pyrrole nitrogens is 1. The summed E-state index contributed by atoms with van der Waals surface area (Å²) < 4.78 is 5.81. The number of para-hydroxylation sites is 3. The summed E-state index contributed by atoms with van der Waals surface area (Å²) in [5, 5.41) is 16.7. The fraction of sp³-hybridized carbons (Fsp3) is 0.200. The van der Waals surface area contributed by atoms with Gasteiger partial charge in [-0.25, -0.2) is 0 Å². The molecule has 9 nitrogen and oxygen atoms in total. The minimum atomic E-state index is -0.584. The van der Waals surface area contributed by atoms with Crippen molar-refractivity contribution in [2.75, 3.05) is 37.9 Å². The van der Waals surface area contributed by atoms with Gasteiger partial charge in [0.15, 0.2) is 0 Å². The van der Waals surface area contributed by atoms with Crippen molar-refractivity contribution in [1.29, 1.82) is 0 Å². The quantitative estimate of drug-likeness (QED) is 0.390. The molecule has 4 aromatic rings. The van der Waals surface area contributed by atoms with E-state index in [1.54, 1.807) is 24.3 Å². The maximum atomic E-state index is 12.2. The van der Waals surface area contributed by atoms with Crippen LogP contribution >= 0.6 is 0 Å². The topological polar surface area (TPSA) is 112 Å². The van der Waals surface area contributed by atoms with Gasteiger partial charge in [0.25, 0.3) is 10.9 Å². The number of benzene rings is 2. The van der Waals surface area contributed by atoms with E-state index in [0.717, 1.165) is 6.54 Å². The SMILES string of the molecule is CN(C)CCOc1ccccc1Nc1c(Nc2cccc3n[nH]nc23)c(=O)c1=O. The van der Waals surface area contributed by atoms with Crippen molar-refractivity contribution in [1.82, 2.24) is 20.3 Å². The summed E-state index contributed by atoms with van der Waals surface area (Å²) >= 11 is 0. The molecule has 0 saturated heterocycles. The Kier molecular flexibility index (Phi) is 4.96. The molecule has 0 amide bonds. The molecule has 3 N–H and O–H groups in total. The van der Waals surface area contributed by atoms with E-state index in [-0.39, 0.29) is 11.4 Å². The van der Waals surface area contributed by atoms with Gasteiger partial charge in [0.2, 0.25) is 0 Å². The van der Waals surface area contributed by atoms with Crippen LogP contribution in [0.2, 0.25) is 0 Å². The number of nitrogens with zero attached hydrogens (tertiary/aromatic N) is 3. The molecule has 0 aliphatic heterocycles. The first-order chi connectivity index (χ1) is 14.0. The highest BCUT2D eigenvalue weighted by molar-refractivity contribution is 5.92. The van der Waals surface area contributed by atoms with Gasteiger partial charge in [0.1, 0.15) is 34.8 Å². The summed E-state index contributed by atoms with van der Waals surface area (Å²) in [7, 11) is 3.93. The van der Waals surface area contributed by atoms with E-state index in [1.165, 1.54) is 0 Å². The van der Waals surface area contributed by atoms with E-state index in [9.17, 15) is 9.59 Å². The standard InChI is InChI=1S/C20H20N6O3/c1-26(2)10-11-29-15-9-4-3-6-12(15)21-17-18(20(28)19(17)27)22-13-7-5-8-14-16(13)24-25-23-14/h3-9,21-22H,10-11H2,1-2H3,(H,23,24,25). The number of hydrogen-bond donors (Lipinski definition) is 3. The molecule has 148 valence electrons. The Labute approximate surface area is 166 Å². The average Bonchev–Trinajstić information content (AvgIpc) is 3.20. The van der Waals surface area contributed by atoms with Crippen molar-refractivity contribution >= 4 is 33.8 Å². The third-order valence-electron chi connectivity index (χ3n) is 4.46. The fourth-order valence-corrected chi connectivity index (χ4v) is 2.90. The number of aromatic nitrogens is 3. The largest absolute Gasteiger partial charge is 0.490 e. The highest BCUT2D eigenvalue weighted by atomic mass is 16.5. The maximum Gasteiger partial charge on any atom is 0.253 e. The number of hydrogen-bond acceptors (Lipinski definition) is 8. The Balaban J connectivity index is 1.59. The second-order valence-electron chi connectivity index (χ2n) is 6.80. The number of aromatic amines is 1. The lowest BCUT2D eigenvalue weighted by molar-refractivity contribution is 0.262. The van der Waals surface area contributed by atoms with Crippen LogP contribution in [0.15, 0.2) is 52.1 Å². The van der Waals surface area contributed by atoms with Crippen LogP contribution in [0.4, 0.5) is 22.7 Å². The van der Waals surface area contributed by atoms with Gasteiger partial charge < -0.3 is 20.3 Å². The molecule has 0 radical (unpaired) electrons. The van der Waals surface area contributed by atoms with E-state index < -0.39 is 10.9 Å². The molecule has 9 heteroatoms. The van der Waals surface area contributed by atoms with E-state index in [1.807, 2.05) is 37.2 Å². The van der Waals surface area contributed by atoms with E-state index >= 15 is 0 Å². The number of likely N-dealkylation sites (N-methyl/N-ethyl adjacent to an activating group) is 1. The highest BCUT2D eigenvalue weighted by Crippen LogP contribution is 2.31. The number of anilines is 4. The zero-order chi connectivity index (χ0) is 20.4. The highest BCUT2D eigenvalue weighted by Gasteiger charge is 2.23. The van der Waals surface area contributed by atoms with Crippen LogP contribution in [0.3, 0.4) is 0 Å². The van der Waals surface area contributed by atoms with Gasteiger partial charge in [-0.15, -0.1) is 0 Å². The lowest BCUT2D eigenvalue weighted by Gasteiger charge is -2.18. The molecule has 0 bridgehead atoms. The lowest BCUT2D eigenvalue weighted by atomic mass is 10.1. The Morgan fingerprint density at radius 1 is 0.931 bits per heavy atom. The Morgan fingerprint density at radius 3 is 2.38 bits per heavy atom. The van der Waals surface area contributed by atoms with Crippen LogP contribution < -0.4 is 26.2 Å². The first-order valence-corrected chi connectivity index (χ1v) is 9.08. The second-order valence-corrected chi connectivity index (χ2v) is 6.80. The smallest absolute Gasteiger partial charge is 0.253 e. The molecule has 0 spiro atoms. The summed E-state index contributed by atoms with van der Waals surface area (Å²) in [6.07, 6.45) is 0. The summed E-state index contributed by atoms with van der Waals surface area (Å²) in [6, 6.07) is 12.6. The van der Waals surface area contributed by atoms with Gasteiger partial charge in [-0.3, -0.25) is 9.59 Å². The van der Waals surface area contributed by atoms with Gasteiger partial charge >= 0.3 is 0 Å². The predicted molar refractivity (Wildman–Crippen MR) is 112 cm³/mol. The van der Waals surface area contributed by atoms with Crippen LogP contribution in [0.25, 0.3) is 11.0 Å². The van der Waals surface area contributed by atoms with Gasteiger partial charge in [0, 0.05) is 6.54 Å². The minimum absolute atomic E-state index is 0.189. The maximum absolute atomic E-state index is 12.2. The molecule has 1 heterocycles. The number of nitrogens with one attached hydrogen (secondary N) is 3. The predicted octanol–water partition coefficient (Wildman–Crippen LogP) is 1.98. The summed E-state index contributed by atoms with van der Waals surface area (Å²) in [5.41, 5.74) is 1.65. The summed E-state index contributed by atoms with van der Waals surface area (Å²) in [6.45, 7) is 1.25. The Morgan fingerprint density at radius 2 is 1.62 bits per heavy atom. The van der Waals surface area contributed by atoms with E-state index in [2.05, 4.69) is 26.0 Å². The average molecular weight is 392 g/mol. The molecule has 4 rings (SSSR count). The third-order valence-corrected chi connectivity index (χ3v) is 4.46. The molecular weight excluding hydrogens is 372 g/mol. The molecule has 0 atom stereocenters. The third kappa shape index (κ3) is 3.67. The zero-order valence-electron chi connectivity index (χ0n) is 16.0. The molecule has 0 unspecified atom stereocenters. The van der Waals surface area contributed by atoms with Crippen molar-refractivity contribution in [2.24, 2.45) is 0 Å². The van der Waals surface area contributed by atoms with E-state index in [0.29, 0.717) is 34.8 Å². The van der Waals surface area contributed by atoms with Crippen LogP contribution in [-0.2, 0) is 0 Å². The molecule has 0 aliphatic carbocycles. The summed E-state index contributed by atoms with van der Waals surface area (Å²) in [5.74, 6) is 0.604. The van der Waals surface area contributed by atoms with Crippen molar-refractivity contribution < 1.29 is 4.74 Å². The fourth-order valence-electron chi connectivity index (χ4n) is 2.90. The van der Waals surface area contributed by atoms with Gasteiger partial charge in [0.05, 0.1) is 11.4 Å². The van der Waals surface area contributed by atoms with Crippen molar-refractivity contribution in [3.63, 3.8) is 0 Å². The lowest BCUT2D eigenvalue weighted by Crippen LogP contribution is -2.35. The molecule has 0 fully saturated rings. The van der Waals surface area contributed by atoms with Gasteiger partial charge in [-0.05, 0) is 38.4 Å². The monoisotopic (exact) mass is 392 g/mol. The molecule has 29 heavy (non-hydrogen) atoms. The first kappa shape index (κ1) is 18.6. The molecular formula is C20H20N6O3. The number of rotatable bonds is 8. The normalized spacial score (nSPS) is 11.3. The molecule has 1 aromatic heterocycles. The van der Waals surface area contributed by atoms with Crippen molar-refractivity contribution in [3.05, 3.63) is 62.9 Å². The second kappa shape index (κ2) is 7.72. The van der Waals surface area contributed by atoms with Crippen LogP contribution in [0.1, 0.15) is 0 Å². The van der Waals surface area contributed by atoms with Gasteiger partial charge in [-0.1, -0.05) is 18.2 Å². The van der Waals surface area contributed by atoms with Crippen LogP contribution in [0, 0.1) is 0 Å². The van der Waals surface area contributed by atoms with Crippen molar-refractivity contribution in [3.8, 4) is 5.75 Å². The first-order valence-electron chi connectivity index (χ1n) is 9.08. The van der Waals surface area contributed by atoms with Crippen LogP contribution in [-0.4, -0.2) is 47.6 Å². The van der Waals surface area contributed by atoms with E-state index in [4.69, 9.17) is 4.74 Å². The van der Waals surface area contributed by atoms with Crippen molar-refractivity contribution in [2.45, 2.75) is 0 Å². The molecule has 0 saturated carbocycles. The zero-order valence-corrected chi connectivity index (χ0v) is 16.0. The number of ether oxygens (including phenoxy) is 1. The molecule has 0 aliphatic rings. The Hall–Kier alpha value is -3.72.